The molecule has 0 amide bonds. The fourth-order valence-corrected chi connectivity index (χ4v) is 2.74. The summed E-state index contributed by atoms with van der Waals surface area (Å²) in [6, 6.07) is 13.8. The van der Waals surface area contributed by atoms with Gasteiger partial charge >= 0.3 is 0 Å². The summed E-state index contributed by atoms with van der Waals surface area (Å²) in [4.78, 5) is 10.1. The molecule has 0 saturated carbocycles. The summed E-state index contributed by atoms with van der Waals surface area (Å²) < 4.78 is 0. The van der Waals surface area contributed by atoms with E-state index in [0.29, 0.717) is 11.0 Å². The van der Waals surface area contributed by atoms with Gasteiger partial charge in [-0.3, -0.25) is 0 Å². The normalized spacial score (nSPS) is 10.6. The Morgan fingerprint density at radius 2 is 1.79 bits per heavy atom. The predicted molar refractivity (Wildman–Crippen MR) is 80.5 cm³/mol. The van der Waals surface area contributed by atoms with Gasteiger partial charge in [-0.15, -0.1) is 11.3 Å². The van der Waals surface area contributed by atoms with Crippen molar-refractivity contribution in [1.29, 1.82) is 0 Å². The fourth-order valence-electron chi connectivity index (χ4n) is 1.86. The third-order valence-electron chi connectivity index (χ3n) is 2.75. The Kier molecular flexibility index (Phi) is 3.32. The molecule has 0 fully saturated rings. The van der Waals surface area contributed by atoms with Crippen molar-refractivity contribution in [1.82, 2.24) is 9.97 Å². The quantitative estimate of drug-likeness (QED) is 0.630. The number of aromatic nitrogens is 2. The topological polar surface area (TPSA) is 25.8 Å². The molecule has 0 spiro atoms. The van der Waals surface area contributed by atoms with Gasteiger partial charge in [-0.2, -0.15) is 0 Å². The molecule has 2 nitrogen and oxygen atoms in total. The average molecular weight is 287 g/mol. The molecule has 0 aliphatic heterocycles. The number of hydrogen-bond donors (Lipinski definition) is 0. The fraction of sp³-hybridized carbons (Fsp3) is 0.0667. The first kappa shape index (κ1) is 12.3. The van der Waals surface area contributed by atoms with E-state index in [1.807, 2.05) is 30.3 Å². The number of nitrogens with zero attached hydrogens (tertiary/aromatic N) is 2. The molecular weight excluding hydrogens is 276 g/mol. The van der Waals surface area contributed by atoms with Crippen LogP contribution in [0.1, 0.15) is 4.88 Å². The van der Waals surface area contributed by atoms with Gasteiger partial charge in [0, 0.05) is 27.5 Å². The van der Waals surface area contributed by atoms with Crippen LogP contribution in [0, 0.1) is 6.92 Å². The first-order chi connectivity index (χ1) is 9.22. The van der Waals surface area contributed by atoms with Crippen LogP contribution in [-0.2, 0) is 0 Å². The monoisotopic (exact) mass is 286 g/mol. The number of aryl methyl sites for hydroxylation is 1. The van der Waals surface area contributed by atoms with Crippen molar-refractivity contribution < 1.29 is 0 Å². The van der Waals surface area contributed by atoms with Crippen molar-refractivity contribution >= 4 is 22.9 Å². The minimum Gasteiger partial charge on any atom is -0.228 e. The Balaban J connectivity index is 2.11. The molecule has 2 heterocycles. The van der Waals surface area contributed by atoms with Crippen molar-refractivity contribution in [2.24, 2.45) is 0 Å². The zero-order valence-corrected chi connectivity index (χ0v) is 11.9. The number of hydrogen-bond acceptors (Lipinski definition) is 3. The summed E-state index contributed by atoms with van der Waals surface area (Å²) in [6.45, 7) is 2.08. The molecular formula is C15H11ClN2S. The average Bonchev–Trinajstić information content (AvgIpc) is 2.86. The van der Waals surface area contributed by atoms with E-state index in [9.17, 15) is 0 Å². The van der Waals surface area contributed by atoms with Gasteiger partial charge in [0.1, 0.15) is 5.15 Å². The SMILES string of the molecule is Cc1cc(-c2cc(Cl)nc(-c3ccccc3)n2)cs1. The van der Waals surface area contributed by atoms with E-state index >= 15 is 0 Å². The van der Waals surface area contributed by atoms with E-state index in [4.69, 9.17) is 11.6 Å². The molecule has 3 rings (SSSR count). The lowest BCUT2D eigenvalue weighted by atomic mass is 10.2. The molecule has 0 radical (unpaired) electrons. The highest BCUT2D eigenvalue weighted by molar-refractivity contribution is 7.10. The third-order valence-corrected chi connectivity index (χ3v) is 3.81. The highest BCUT2D eigenvalue weighted by Gasteiger charge is 2.08. The molecule has 94 valence electrons. The summed E-state index contributed by atoms with van der Waals surface area (Å²) in [6.07, 6.45) is 0. The van der Waals surface area contributed by atoms with Gasteiger partial charge in [-0.1, -0.05) is 41.9 Å². The van der Waals surface area contributed by atoms with E-state index in [-0.39, 0.29) is 0 Å². The first-order valence-corrected chi connectivity index (χ1v) is 7.13. The summed E-state index contributed by atoms with van der Waals surface area (Å²) >= 11 is 7.81. The standard InChI is InChI=1S/C15H11ClN2S/c1-10-7-12(9-19-10)13-8-14(16)18-15(17-13)11-5-3-2-4-6-11/h2-9H,1H3. The lowest BCUT2D eigenvalue weighted by molar-refractivity contribution is 1.18. The molecule has 0 aliphatic rings. The van der Waals surface area contributed by atoms with Crippen LogP contribution in [0.15, 0.2) is 47.8 Å². The van der Waals surface area contributed by atoms with Crippen LogP contribution < -0.4 is 0 Å². The van der Waals surface area contributed by atoms with Crippen LogP contribution in [0.25, 0.3) is 22.6 Å². The molecule has 3 aromatic rings. The summed E-state index contributed by atoms with van der Waals surface area (Å²) in [7, 11) is 0. The van der Waals surface area contributed by atoms with Crippen LogP contribution in [0.3, 0.4) is 0 Å². The summed E-state index contributed by atoms with van der Waals surface area (Å²) in [5.41, 5.74) is 2.92. The van der Waals surface area contributed by atoms with Gasteiger partial charge in [-0.25, -0.2) is 9.97 Å². The van der Waals surface area contributed by atoms with Crippen LogP contribution in [0.5, 0.6) is 0 Å². The minimum atomic E-state index is 0.465. The summed E-state index contributed by atoms with van der Waals surface area (Å²) in [5.74, 6) is 0.659. The maximum absolute atomic E-state index is 6.11. The van der Waals surface area contributed by atoms with E-state index in [2.05, 4.69) is 28.3 Å². The van der Waals surface area contributed by atoms with Crippen LogP contribution in [0.4, 0.5) is 0 Å². The zero-order valence-electron chi connectivity index (χ0n) is 10.3. The second-order valence-electron chi connectivity index (χ2n) is 4.21. The molecule has 0 aliphatic carbocycles. The molecule has 4 heteroatoms. The van der Waals surface area contributed by atoms with E-state index < -0.39 is 0 Å². The molecule has 0 unspecified atom stereocenters. The highest BCUT2D eigenvalue weighted by Crippen LogP contribution is 2.27. The third kappa shape index (κ3) is 2.67. The van der Waals surface area contributed by atoms with Crippen LogP contribution in [-0.4, -0.2) is 9.97 Å². The summed E-state index contributed by atoms with van der Waals surface area (Å²) in [5, 5.41) is 2.55. The largest absolute Gasteiger partial charge is 0.228 e. The van der Waals surface area contributed by atoms with Crippen molar-refractivity contribution in [3.63, 3.8) is 0 Å². The molecule has 0 saturated heterocycles. The van der Waals surface area contributed by atoms with Crippen molar-refractivity contribution in [2.45, 2.75) is 6.92 Å². The number of halogens is 1. The van der Waals surface area contributed by atoms with Gasteiger partial charge in [0.15, 0.2) is 5.82 Å². The lowest BCUT2D eigenvalue weighted by Crippen LogP contribution is -1.92. The second kappa shape index (κ2) is 5.11. The van der Waals surface area contributed by atoms with Crippen molar-refractivity contribution in [2.75, 3.05) is 0 Å². The molecule has 1 aromatic carbocycles. The Labute approximate surface area is 120 Å². The number of thiophene rings is 1. The molecule has 2 aromatic heterocycles. The Morgan fingerprint density at radius 3 is 2.47 bits per heavy atom. The lowest BCUT2D eigenvalue weighted by Gasteiger charge is -2.04. The van der Waals surface area contributed by atoms with E-state index in [0.717, 1.165) is 16.8 Å². The van der Waals surface area contributed by atoms with E-state index in [1.165, 1.54) is 4.88 Å². The Hall–Kier alpha value is -1.71. The Bertz CT molecular complexity index is 707. The zero-order chi connectivity index (χ0) is 13.2. The molecule has 0 bridgehead atoms. The predicted octanol–water partition coefficient (Wildman–Crippen LogP) is 4.83. The minimum absolute atomic E-state index is 0.465. The van der Waals surface area contributed by atoms with Crippen molar-refractivity contribution in [3.05, 3.63) is 57.9 Å². The van der Waals surface area contributed by atoms with Crippen LogP contribution >= 0.6 is 22.9 Å². The van der Waals surface area contributed by atoms with Gasteiger partial charge < -0.3 is 0 Å². The van der Waals surface area contributed by atoms with Gasteiger partial charge in [0.25, 0.3) is 0 Å². The number of rotatable bonds is 2. The number of benzene rings is 1. The van der Waals surface area contributed by atoms with E-state index in [1.54, 1.807) is 17.4 Å². The molecule has 19 heavy (non-hydrogen) atoms. The highest BCUT2D eigenvalue weighted by atomic mass is 35.5. The maximum atomic E-state index is 6.11. The van der Waals surface area contributed by atoms with Crippen LogP contribution in [0.2, 0.25) is 5.15 Å². The van der Waals surface area contributed by atoms with Gasteiger partial charge in [0.2, 0.25) is 0 Å². The van der Waals surface area contributed by atoms with Gasteiger partial charge in [0.05, 0.1) is 5.69 Å². The van der Waals surface area contributed by atoms with Crippen molar-refractivity contribution in [3.8, 4) is 22.6 Å². The maximum Gasteiger partial charge on any atom is 0.161 e. The smallest absolute Gasteiger partial charge is 0.161 e. The molecule has 0 N–H and O–H groups in total. The Morgan fingerprint density at radius 1 is 1.00 bits per heavy atom. The van der Waals surface area contributed by atoms with Gasteiger partial charge in [-0.05, 0) is 13.0 Å². The first-order valence-electron chi connectivity index (χ1n) is 5.88. The molecule has 0 atom stereocenters. The second-order valence-corrected chi connectivity index (χ2v) is 5.71.